The minimum atomic E-state index is 0.529. The van der Waals surface area contributed by atoms with Crippen LogP contribution in [-0.4, -0.2) is 29.5 Å². The number of aromatic nitrogens is 1. The molecule has 1 aromatic carbocycles. The largest absolute Gasteiger partial charge is 0.370 e. The number of para-hydroxylation sites is 1. The fraction of sp³-hybridized carbons (Fsp3) is 0.438. The highest BCUT2D eigenvalue weighted by Gasteiger charge is 2.10. The van der Waals surface area contributed by atoms with Crippen LogP contribution in [0.5, 0.6) is 0 Å². The molecule has 0 aliphatic rings. The molecule has 19 heavy (non-hydrogen) atoms. The van der Waals surface area contributed by atoms with Crippen LogP contribution in [0.15, 0.2) is 30.3 Å². The molecule has 2 rings (SSSR count). The van der Waals surface area contributed by atoms with Gasteiger partial charge in [0.15, 0.2) is 0 Å². The third-order valence-corrected chi connectivity index (χ3v) is 3.45. The maximum atomic E-state index is 4.74. The Balaban J connectivity index is 2.41. The molecule has 1 N–H and O–H groups in total. The Morgan fingerprint density at radius 3 is 2.68 bits per heavy atom. The van der Waals surface area contributed by atoms with Crippen molar-refractivity contribution in [1.29, 1.82) is 0 Å². The molecule has 1 heterocycles. The Hall–Kier alpha value is -1.61. The van der Waals surface area contributed by atoms with E-state index in [0.29, 0.717) is 6.04 Å². The van der Waals surface area contributed by atoms with Crippen LogP contribution in [0.4, 0.5) is 5.82 Å². The molecular formula is C16H23N3. The van der Waals surface area contributed by atoms with Crippen molar-refractivity contribution in [2.45, 2.75) is 33.4 Å². The number of anilines is 1. The second-order valence-electron chi connectivity index (χ2n) is 5.23. The lowest BCUT2D eigenvalue weighted by molar-refractivity contribution is 0.266. The van der Waals surface area contributed by atoms with E-state index in [1.165, 1.54) is 10.9 Å². The van der Waals surface area contributed by atoms with E-state index in [0.717, 1.165) is 24.4 Å². The van der Waals surface area contributed by atoms with Crippen molar-refractivity contribution in [3.8, 4) is 0 Å². The van der Waals surface area contributed by atoms with E-state index in [1.807, 2.05) is 6.07 Å². The first kappa shape index (κ1) is 13.8. The van der Waals surface area contributed by atoms with Gasteiger partial charge in [0.05, 0.1) is 5.52 Å². The maximum Gasteiger partial charge on any atom is 0.131 e. The Morgan fingerprint density at radius 1 is 1.26 bits per heavy atom. The summed E-state index contributed by atoms with van der Waals surface area (Å²) in [5.74, 6) is 1.01. The lowest BCUT2D eigenvalue weighted by Gasteiger charge is -2.22. The van der Waals surface area contributed by atoms with Gasteiger partial charge in [0.1, 0.15) is 5.82 Å². The number of nitrogens with zero attached hydrogens (tertiary/aromatic N) is 2. The molecule has 0 aliphatic heterocycles. The summed E-state index contributed by atoms with van der Waals surface area (Å²) >= 11 is 0. The second kappa shape index (κ2) is 6.02. The first-order chi connectivity index (χ1) is 9.11. The standard InChI is InChI=1S/C16H23N3/c1-5-17-16-14(11-19(4)12(2)3)10-13-8-6-7-9-15(13)18-16/h6-10,12H,5,11H2,1-4H3,(H,17,18). The van der Waals surface area contributed by atoms with E-state index in [1.54, 1.807) is 0 Å². The van der Waals surface area contributed by atoms with Crippen LogP contribution in [0, 0.1) is 0 Å². The number of benzene rings is 1. The third kappa shape index (κ3) is 3.24. The van der Waals surface area contributed by atoms with E-state index in [2.05, 4.69) is 62.3 Å². The summed E-state index contributed by atoms with van der Waals surface area (Å²) in [7, 11) is 2.15. The summed E-state index contributed by atoms with van der Waals surface area (Å²) in [5.41, 5.74) is 2.31. The summed E-state index contributed by atoms with van der Waals surface area (Å²) in [6.07, 6.45) is 0. The highest BCUT2D eigenvalue weighted by molar-refractivity contribution is 5.81. The zero-order valence-electron chi connectivity index (χ0n) is 12.3. The van der Waals surface area contributed by atoms with Gasteiger partial charge in [-0.15, -0.1) is 0 Å². The number of hydrogen-bond acceptors (Lipinski definition) is 3. The van der Waals surface area contributed by atoms with Crippen LogP contribution < -0.4 is 5.32 Å². The first-order valence-electron chi connectivity index (χ1n) is 6.94. The van der Waals surface area contributed by atoms with Crippen LogP contribution in [0.2, 0.25) is 0 Å². The number of pyridine rings is 1. The van der Waals surface area contributed by atoms with Gasteiger partial charge in [0, 0.05) is 30.1 Å². The fourth-order valence-electron chi connectivity index (χ4n) is 2.05. The summed E-state index contributed by atoms with van der Waals surface area (Å²) < 4.78 is 0. The molecule has 3 nitrogen and oxygen atoms in total. The second-order valence-corrected chi connectivity index (χ2v) is 5.23. The zero-order valence-corrected chi connectivity index (χ0v) is 12.3. The molecule has 1 aromatic heterocycles. The maximum absolute atomic E-state index is 4.74. The highest BCUT2D eigenvalue weighted by atomic mass is 15.1. The Bertz CT molecular complexity index is 549. The molecule has 3 heteroatoms. The average molecular weight is 257 g/mol. The number of fused-ring (bicyclic) bond motifs is 1. The molecule has 0 atom stereocenters. The Morgan fingerprint density at radius 2 is 2.00 bits per heavy atom. The monoisotopic (exact) mass is 257 g/mol. The van der Waals surface area contributed by atoms with Crippen molar-refractivity contribution in [3.05, 3.63) is 35.9 Å². The van der Waals surface area contributed by atoms with Crippen molar-refractivity contribution in [2.24, 2.45) is 0 Å². The van der Waals surface area contributed by atoms with E-state index in [4.69, 9.17) is 4.98 Å². The van der Waals surface area contributed by atoms with E-state index in [9.17, 15) is 0 Å². The summed E-state index contributed by atoms with van der Waals surface area (Å²) in [6, 6.07) is 11.1. The van der Waals surface area contributed by atoms with Crippen LogP contribution in [0.1, 0.15) is 26.3 Å². The first-order valence-corrected chi connectivity index (χ1v) is 6.94. The normalized spacial score (nSPS) is 11.5. The van der Waals surface area contributed by atoms with Gasteiger partial charge < -0.3 is 5.32 Å². The quantitative estimate of drug-likeness (QED) is 0.888. The topological polar surface area (TPSA) is 28.2 Å². The Labute approximate surface area is 115 Å². The average Bonchev–Trinajstić information content (AvgIpc) is 2.39. The molecule has 0 spiro atoms. The van der Waals surface area contributed by atoms with Crippen LogP contribution >= 0.6 is 0 Å². The Kier molecular flexibility index (Phi) is 4.38. The van der Waals surface area contributed by atoms with Crippen molar-refractivity contribution in [1.82, 2.24) is 9.88 Å². The van der Waals surface area contributed by atoms with Gasteiger partial charge in [-0.1, -0.05) is 18.2 Å². The lowest BCUT2D eigenvalue weighted by Crippen LogP contribution is -2.26. The van der Waals surface area contributed by atoms with Gasteiger partial charge in [-0.2, -0.15) is 0 Å². The smallest absolute Gasteiger partial charge is 0.131 e. The molecule has 0 saturated heterocycles. The predicted octanol–water partition coefficient (Wildman–Crippen LogP) is 3.51. The molecule has 0 fully saturated rings. The van der Waals surface area contributed by atoms with Crippen LogP contribution in [0.25, 0.3) is 10.9 Å². The number of rotatable bonds is 5. The van der Waals surface area contributed by atoms with Crippen molar-refractivity contribution >= 4 is 16.7 Å². The summed E-state index contributed by atoms with van der Waals surface area (Å²) in [6.45, 7) is 8.33. The fourth-order valence-corrected chi connectivity index (χ4v) is 2.05. The van der Waals surface area contributed by atoms with Crippen molar-refractivity contribution < 1.29 is 0 Å². The number of hydrogen-bond donors (Lipinski definition) is 1. The van der Waals surface area contributed by atoms with Gasteiger partial charge >= 0.3 is 0 Å². The molecule has 102 valence electrons. The summed E-state index contributed by atoms with van der Waals surface area (Å²) in [4.78, 5) is 7.07. The van der Waals surface area contributed by atoms with E-state index >= 15 is 0 Å². The molecule has 2 aromatic rings. The number of nitrogens with one attached hydrogen (secondary N) is 1. The van der Waals surface area contributed by atoms with Crippen molar-refractivity contribution in [3.63, 3.8) is 0 Å². The molecular weight excluding hydrogens is 234 g/mol. The van der Waals surface area contributed by atoms with Gasteiger partial charge in [-0.05, 0) is 40.0 Å². The van der Waals surface area contributed by atoms with Crippen molar-refractivity contribution in [2.75, 3.05) is 18.9 Å². The summed E-state index contributed by atoms with van der Waals surface area (Å²) in [5, 5.41) is 4.58. The van der Waals surface area contributed by atoms with Gasteiger partial charge in [0.2, 0.25) is 0 Å². The van der Waals surface area contributed by atoms with Crippen LogP contribution in [0.3, 0.4) is 0 Å². The lowest BCUT2D eigenvalue weighted by atomic mass is 10.1. The molecule has 0 saturated carbocycles. The minimum Gasteiger partial charge on any atom is -0.370 e. The van der Waals surface area contributed by atoms with Gasteiger partial charge in [-0.25, -0.2) is 4.98 Å². The van der Waals surface area contributed by atoms with Gasteiger partial charge in [-0.3, -0.25) is 4.90 Å². The van der Waals surface area contributed by atoms with Crippen LogP contribution in [-0.2, 0) is 6.54 Å². The molecule has 0 radical (unpaired) electrons. The predicted molar refractivity (Wildman–Crippen MR) is 82.5 cm³/mol. The highest BCUT2D eigenvalue weighted by Crippen LogP contribution is 2.22. The van der Waals surface area contributed by atoms with E-state index < -0.39 is 0 Å². The minimum absolute atomic E-state index is 0.529. The van der Waals surface area contributed by atoms with Gasteiger partial charge in [0.25, 0.3) is 0 Å². The molecule has 0 bridgehead atoms. The molecule has 0 aliphatic carbocycles. The SMILES string of the molecule is CCNc1nc2ccccc2cc1CN(C)C(C)C. The zero-order chi connectivity index (χ0) is 13.8. The third-order valence-electron chi connectivity index (χ3n) is 3.45. The van der Waals surface area contributed by atoms with E-state index in [-0.39, 0.29) is 0 Å². The molecule has 0 amide bonds. The molecule has 0 unspecified atom stereocenters.